The van der Waals surface area contributed by atoms with Crippen molar-refractivity contribution in [2.24, 2.45) is 0 Å². The molecule has 5 nitrogen and oxygen atoms in total. The Balaban J connectivity index is 2.75. The van der Waals surface area contributed by atoms with Crippen LogP contribution in [0.25, 0.3) is 16.6 Å². The molecule has 1 aliphatic carbocycles. The van der Waals surface area contributed by atoms with E-state index in [0.29, 0.717) is 0 Å². The lowest BCUT2D eigenvalue weighted by molar-refractivity contribution is -0.0686. The lowest BCUT2D eigenvalue weighted by atomic mass is 10.2. The number of aromatic amines is 1. The highest BCUT2D eigenvalue weighted by atomic mass is 19.2. The zero-order chi connectivity index (χ0) is 15.3. The number of benzene rings is 1. The first-order valence-electron chi connectivity index (χ1n) is 5.45. The van der Waals surface area contributed by atoms with Crippen LogP contribution in [0.5, 0.6) is 0 Å². The van der Waals surface area contributed by atoms with Gasteiger partial charge in [-0.2, -0.15) is 9.18 Å². The minimum absolute atomic E-state index is 0.209. The average Bonchev–Trinajstić information content (AvgIpc) is 2.49. The fraction of sp³-hybridized carbons (Fsp3) is 0. The van der Waals surface area contributed by atoms with Crippen molar-refractivity contribution >= 4 is 11.1 Å². The van der Waals surface area contributed by atoms with Gasteiger partial charge in [0.2, 0.25) is 11.6 Å². The summed E-state index contributed by atoms with van der Waals surface area (Å²) >= 11 is 0. The molecule has 1 aromatic carbocycles. The number of fused-ring (bicyclic) bond motifs is 1. The number of nitrogens with zero attached hydrogens (tertiary/aromatic N) is 2. The quantitative estimate of drug-likeness (QED) is 0.224. The van der Waals surface area contributed by atoms with Gasteiger partial charge in [-0.1, -0.05) is 0 Å². The highest BCUT2D eigenvalue weighted by Gasteiger charge is 2.23. The third kappa shape index (κ3) is 1.68. The molecule has 0 unspecified atom stereocenters. The molecule has 0 spiro atoms. The van der Waals surface area contributed by atoms with Gasteiger partial charge in [-0.3, -0.25) is 4.79 Å². The molecule has 21 heavy (non-hydrogen) atoms. The molecule has 3 rings (SSSR count). The zero-order valence-corrected chi connectivity index (χ0v) is 9.88. The summed E-state index contributed by atoms with van der Waals surface area (Å²) in [5.41, 5.74) is 6.09. The molecule has 1 aliphatic heterocycles. The van der Waals surface area contributed by atoms with Crippen molar-refractivity contribution in [2.75, 3.05) is 0 Å². The second-order valence-corrected chi connectivity index (χ2v) is 4.07. The molecule has 0 bridgehead atoms. The van der Waals surface area contributed by atoms with Crippen molar-refractivity contribution in [1.82, 2.24) is 4.98 Å². The van der Waals surface area contributed by atoms with Crippen LogP contribution in [0, 0.1) is 34.0 Å². The van der Waals surface area contributed by atoms with Gasteiger partial charge in [0.05, 0.1) is 0 Å². The van der Waals surface area contributed by atoms with Crippen LogP contribution in [0.1, 0.15) is 0 Å². The third-order valence-electron chi connectivity index (χ3n) is 2.89. The van der Waals surface area contributed by atoms with Crippen molar-refractivity contribution in [3.8, 4) is 0 Å². The van der Waals surface area contributed by atoms with E-state index in [1.54, 1.807) is 0 Å². The minimum atomic E-state index is -2.04. The first-order valence-corrected chi connectivity index (χ1v) is 5.45. The van der Waals surface area contributed by atoms with Crippen molar-refractivity contribution in [3.05, 3.63) is 67.3 Å². The van der Waals surface area contributed by atoms with Gasteiger partial charge in [-0.05, 0) is 12.1 Å². The molecule has 1 heterocycles. The summed E-state index contributed by atoms with van der Waals surface area (Å²) in [5, 5.41) is -0.829. The second-order valence-electron chi connectivity index (χ2n) is 4.07. The van der Waals surface area contributed by atoms with Gasteiger partial charge in [-0.15, -0.1) is 0 Å². The molecule has 0 radical (unpaired) electrons. The van der Waals surface area contributed by atoms with Gasteiger partial charge in [0.1, 0.15) is 5.52 Å². The SMILES string of the molecule is [N-]=[N+]=c1c(=O)ccc2oc3c(F)c(F)c(F)c(F)c3[nH]c1=2. The van der Waals surface area contributed by atoms with E-state index >= 15 is 0 Å². The summed E-state index contributed by atoms with van der Waals surface area (Å²) < 4.78 is 58.5. The van der Waals surface area contributed by atoms with Crippen LogP contribution in [0.4, 0.5) is 17.6 Å². The normalized spacial score (nSPS) is 11.0. The maximum absolute atomic E-state index is 13.7. The van der Waals surface area contributed by atoms with Crippen molar-refractivity contribution < 1.29 is 26.8 Å². The number of rotatable bonds is 0. The van der Waals surface area contributed by atoms with E-state index in [1.807, 2.05) is 0 Å². The molecule has 1 N–H and O–H groups in total. The molecular formula is C12H3F4N3O2. The number of hydrogen-bond donors (Lipinski definition) is 1. The topological polar surface area (TPSA) is 82.4 Å². The summed E-state index contributed by atoms with van der Waals surface area (Å²) in [4.78, 5) is 16.3. The molecule has 0 atom stereocenters. The molecular weight excluding hydrogens is 294 g/mol. The standard InChI is InChI=1S/C12H3F4N3O2/c13-5-6(14)8(16)12-11(7(5)15)18-10-4(21-12)2-1-3(20)9(10)19-17/h1-2,18H. The maximum atomic E-state index is 13.7. The van der Waals surface area contributed by atoms with E-state index < -0.39 is 45.2 Å². The molecule has 0 amide bonds. The fourth-order valence-corrected chi connectivity index (χ4v) is 1.91. The van der Waals surface area contributed by atoms with E-state index in [2.05, 4.69) is 9.77 Å². The molecule has 0 fully saturated rings. The van der Waals surface area contributed by atoms with E-state index in [9.17, 15) is 22.4 Å². The van der Waals surface area contributed by atoms with Crippen molar-refractivity contribution in [3.63, 3.8) is 0 Å². The highest BCUT2D eigenvalue weighted by Crippen LogP contribution is 2.25. The van der Waals surface area contributed by atoms with E-state index in [0.717, 1.165) is 12.1 Å². The summed E-state index contributed by atoms with van der Waals surface area (Å²) in [7, 11) is 0. The number of hydrogen-bond acceptors (Lipinski definition) is 2. The lowest BCUT2D eigenvalue weighted by Crippen LogP contribution is -2.27. The Morgan fingerprint density at radius 2 is 1.71 bits per heavy atom. The largest absolute Gasteiger partial charge is 0.449 e. The molecule has 0 saturated heterocycles. The van der Waals surface area contributed by atoms with Crippen molar-refractivity contribution in [2.45, 2.75) is 0 Å². The minimum Gasteiger partial charge on any atom is -0.449 e. The molecule has 2 aliphatic rings. The highest BCUT2D eigenvalue weighted by molar-refractivity contribution is 5.73. The summed E-state index contributed by atoms with van der Waals surface area (Å²) in [6.45, 7) is 0. The van der Waals surface area contributed by atoms with Crippen LogP contribution >= 0.6 is 0 Å². The third-order valence-corrected chi connectivity index (χ3v) is 2.89. The Labute approximate surface area is 111 Å². The predicted octanol–water partition coefficient (Wildman–Crippen LogP) is 1.53. The van der Waals surface area contributed by atoms with Crippen LogP contribution in [-0.2, 0) is 0 Å². The summed E-state index contributed by atoms with van der Waals surface area (Å²) in [6.07, 6.45) is 0. The smallest absolute Gasteiger partial charge is 0.389 e. The Bertz CT molecular complexity index is 1110. The van der Waals surface area contributed by atoms with Gasteiger partial charge < -0.3 is 14.9 Å². The number of halogens is 4. The Hall–Kier alpha value is -2.93. The van der Waals surface area contributed by atoms with Crippen LogP contribution < -0.4 is 10.8 Å². The molecule has 0 saturated carbocycles. The van der Waals surface area contributed by atoms with Crippen molar-refractivity contribution in [1.29, 1.82) is 0 Å². The predicted molar refractivity (Wildman–Crippen MR) is 58.7 cm³/mol. The first-order chi connectivity index (χ1) is 9.95. The second kappa shape index (κ2) is 4.29. The van der Waals surface area contributed by atoms with Gasteiger partial charge in [-0.25, -0.2) is 13.2 Å². The average molecular weight is 297 g/mol. The molecule has 9 heteroatoms. The molecule has 106 valence electrons. The fourth-order valence-electron chi connectivity index (χ4n) is 1.91. The number of H-pyrrole nitrogens is 1. The Kier molecular flexibility index (Phi) is 2.67. The summed E-state index contributed by atoms with van der Waals surface area (Å²) in [5.74, 6) is -7.51. The molecule has 0 aromatic heterocycles. The van der Waals surface area contributed by atoms with Crippen LogP contribution in [0.3, 0.4) is 0 Å². The maximum Gasteiger partial charge on any atom is 0.389 e. The van der Waals surface area contributed by atoms with Crippen LogP contribution in [-0.4, -0.2) is 9.77 Å². The lowest BCUT2D eigenvalue weighted by Gasteiger charge is -2.04. The number of aromatic nitrogens is 1. The number of nitrogens with one attached hydrogen (secondary N) is 1. The monoisotopic (exact) mass is 297 g/mol. The van der Waals surface area contributed by atoms with E-state index in [1.165, 1.54) is 0 Å². The zero-order valence-electron chi connectivity index (χ0n) is 9.88. The van der Waals surface area contributed by atoms with Gasteiger partial charge in [0.15, 0.2) is 28.0 Å². The van der Waals surface area contributed by atoms with Crippen LogP contribution in [0.2, 0.25) is 0 Å². The van der Waals surface area contributed by atoms with Gasteiger partial charge in [0.25, 0.3) is 5.43 Å². The summed E-state index contributed by atoms with van der Waals surface area (Å²) in [6, 6.07) is 2.04. The Morgan fingerprint density at radius 1 is 1.05 bits per heavy atom. The van der Waals surface area contributed by atoms with E-state index in [-0.39, 0.29) is 10.8 Å². The van der Waals surface area contributed by atoms with E-state index in [4.69, 9.17) is 9.95 Å². The van der Waals surface area contributed by atoms with Gasteiger partial charge >= 0.3 is 5.36 Å². The molecule has 1 aromatic rings. The van der Waals surface area contributed by atoms with Crippen LogP contribution in [0.15, 0.2) is 21.3 Å². The first kappa shape index (κ1) is 13.1. The van der Waals surface area contributed by atoms with Gasteiger partial charge in [0, 0.05) is 0 Å². The Morgan fingerprint density at radius 3 is 2.38 bits per heavy atom.